The Balaban J connectivity index is 1.41. The molecule has 0 spiro atoms. The number of hydrogen-bond acceptors (Lipinski definition) is 9. The summed E-state index contributed by atoms with van der Waals surface area (Å²) in [7, 11) is 0. The third kappa shape index (κ3) is 5.41. The van der Waals surface area contributed by atoms with Crippen LogP contribution in [0.15, 0.2) is 77.6 Å². The van der Waals surface area contributed by atoms with E-state index >= 15 is 0 Å². The number of nitrogens with two attached hydrogens (primary N) is 1. The first-order valence-corrected chi connectivity index (χ1v) is 12.5. The van der Waals surface area contributed by atoms with Gasteiger partial charge in [-0.3, -0.25) is 19.5 Å². The van der Waals surface area contributed by atoms with E-state index in [1.54, 1.807) is 4.90 Å². The van der Waals surface area contributed by atoms with Gasteiger partial charge in [0.25, 0.3) is 11.9 Å². The minimum absolute atomic E-state index is 0.0349. The van der Waals surface area contributed by atoms with Crippen molar-refractivity contribution >= 4 is 23.4 Å². The molecule has 10 heteroatoms. The van der Waals surface area contributed by atoms with Gasteiger partial charge in [-0.15, -0.1) is 0 Å². The highest BCUT2D eigenvalue weighted by Crippen LogP contribution is 2.43. The summed E-state index contributed by atoms with van der Waals surface area (Å²) < 4.78 is 18.1. The van der Waals surface area contributed by atoms with Crippen molar-refractivity contribution in [2.24, 2.45) is 5.92 Å². The van der Waals surface area contributed by atoms with E-state index < -0.39 is 17.9 Å². The molecule has 38 heavy (non-hydrogen) atoms. The van der Waals surface area contributed by atoms with Gasteiger partial charge in [-0.2, -0.15) is 4.98 Å². The van der Waals surface area contributed by atoms with Crippen LogP contribution < -0.4 is 21.5 Å². The number of benzene rings is 2. The fourth-order valence-electron chi connectivity index (χ4n) is 5.02. The SMILES string of the molecule is C=C1[C@H](COCc2ccccc2)[C@@H](OCc2ccccc2)C[C@@H]1N1c2nc(N)[nH]c(=O)c2NC1OC(C)=O. The Morgan fingerprint density at radius 1 is 1.11 bits per heavy atom. The van der Waals surface area contributed by atoms with Crippen LogP contribution in [0.4, 0.5) is 17.5 Å². The lowest BCUT2D eigenvalue weighted by atomic mass is 10.0. The fourth-order valence-corrected chi connectivity index (χ4v) is 5.02. The summed E-state index contributed by atoms with van der Waals surface area (Å²) in [5.74, 6) is -0.384. The predicted octanol–water partition coefficient (Wildman–Crippen LogP) is 3.18. The zero-order valence-electron chi connectivity index (χ0n) is 21.1. The molecule has 2 heterocycles. The number of hydrogen-bond donors (Lipinski definition) is 3. The molecule has 0 saturated heterocycles. The second-order valence-electron chi connectivity index (χ2n) is 9.43. The van der Waals surface area contributed by atoms with Crippen LogP contribution in [0.2, 0.25) is 0 Å². The van der Waals surface area contributed by atoms with Crippen molar-refractivity contribution in [2.45, 2.75) is 45.1 Å². The first-order chi connectivity index (χ1) is 18.4. The van der Waals surface area contributed by atoms with E-state index in [4.69, 9.17) is 19.9 Å². The first kappa shape index (κ1) is 25.5. The molecule has 1 aliphatic heterocycles. The van der Waals surface area contributed by atoms with Gasteiger partial charge in [0.2, 0.25) is 5.95 Å². The van der Waals surface area contributed by atoms with Crippen LogP contribution >= 0.6 is 0 Å². The van der Waals surface area contributed by atoms with Crippen molar-refractivity contribution in [3.05, 3.63) is 94.3 Å². The number of ether oxygens (including phenoxy) is 3. The molecule has 2 aliphatic rings. The summed E-state index contributed by atoms with van der Waals surface area (Å²) in [5.41, 5.74) is 8.56. The number of fused-ring (bicyclic) bond motifs is 1. The van der Waals surface area contributed by atoms with Crippen LogP contribution in [0.5, 0.6) is 0 Å². The molecule has 1 fully saturated rings. The van der Waals surface area contributed by atoms with Gasteiger partial charge in [0.05, 0.1) is 32.0 Å². The van der Waals surface area contributed by atoms with Crippen LogP contribution in [0.25, 0.3) is 0 Å². The van der Waals surface area contributed by atoms with Crippen LogP contribution in [0.3, 0.4) is 0 Å². The largest absolute Gasteiger partial charge is 0.423 e. The second kappa shape index (κ2) is 11.1. The molecule has 1 aliphatic carbocycles. The van der Waals surface area contributed by atoms with E-state index in [1.807, 2.05) is 60.7 Å². The van der Waals surface area contributed by atoms with Crippen LogP contribution in [0.1, 0.15) is 24.5 Å². The third-order valence-corrected chi connectivity index (χ3v) is 6.82. The van der Waals surface area contributed by atoms with Gasteiger partial charge < -0.3 is 25.3 Å². The molecule has 5 rings (SSSR count). The summed E-state index contributed by atoms with van der Waals surface area (Å²) in [5, 5.41) is 2.97. The van der Waals surface area contributed by atoms with Crippen molar-refractivity contribution in [3.8, 4) is 0 Å². The lowest BCUT2D eigenvalue weighted by Gasteiger charge is -2.31. The third-order valence-electron chi connectivity index (χ3n) is 6.82. The summed E-state index contributed by atoms with van der Waals surface area (Å²) in [6.45, 7) is 6.99. The number of anilines is 3. The standard InChI is InChI=1S/C28H31N5O5/c1-17-21(16-36-14-19-9-5-3-6-10-19)23(37-15-20-11-7-4-8-12-20)13-22(17)33-25-24(26(35)32-27(29)31-25)30-28(33)38-18(2)34/h3-12,21-23,28,30H,1,13-16H2,2H3,(H3,29,31,32,35)/t21-,22-,23-,28?/m0/s1. The molecular formula is C28H31N5O5. The van der Waals surface area contributed by atoms with Crippen molar-refractivity contribution in [2.75, 3.05) is 22.6 Å². The molecule has 1 saturated carbocycles. The number of nitrogen functional groups attached to an aromatic ring is 1. The monoisotopic (exact) mass is 517 g/mol. The molecule has 2 aromatic carbocycles. The maximum absolute atomic E-state index is 12.6. The minimum Gasteiger partial charge on any atom is -0.423 e. The first-order valence-electron chi connectivity index (χ1n) is 12.5. The van der Waals surface area contributed by atoms with E-state index in [0.29, 0.717) is 32.1 Å². The van der Waals surface area contributed by atoms with Crippen molar-refractivity contribution in [1.82, 2.24) is 9.97 Å². The van der Waals surface area contributed by atoms with Crippen molar-refractivity contribution in [1.29, 1.82) is 0 Å². The zero-order chi connectivity index (χ0) is 26.6. The average molecular weight is 518 g/mol. The number of rotatable bonds is 9. The molecule has 0 radical (unpaired) electrons. The van der Waals surface area contributed by atoms with Crippen molar-refractivity contribution < 1.29 is 19.0 Å². The van der Waals surface area contributed by atoms with Crippen LogP contribution in [-0.4, -0.2) is 41.0 Å². The molecular weight excluding hydrogens is 486 g/mol. The number of aromatic nitrogens is 2. The minimum atomic E-state index is -0.946. The van der Waals surface area contributed by atoms with Gasteiger partial charge in [-0.05, 0) is 23.1 Å². The summed E-state index contributed by atoms with van der Waals surface area (Å²) >= 11 is 0. The predicted molar refractivity (Wildman–Crippen MR) is 143 cm³/mol. The van der Waals surface area contributed by atoms with E-state index in [0.717, 1.165) is 16.7 Å². The number of H-pyrrole nitrogens is 1. The van der Waals surface area contributed by atoms with Gasteiger partial charge >= 0.3 is 5.97 Å². The second-order valence-corrected chi connectivity index (χ2v) is 9.43. The normalized spacial score (nSPS) is 22.2. The van der Waals surface area contributed by atoms with Crippen LogP contribution in [-0.2, 0) is 32.2 Å². The Labute approximate surface area is 220 Å². The summed E-state index contributed by atoms with van der Waals surface area (Å²) in [4.78, 5) is 33.1. The molecule has 10 nitrogen and oxygen atoms in total. The highest BCUT2D eigenvalue weighted by molar-refractivity contribution is 5.75. The maximum Gasteiger partial charge on any atom is 0.305 e. The maximum atomic E-state index is 12.6. The Morgan fingerprint density at radius 2 is 1.76 bits per heavy atom. The Kier molecular flexibility index (Phi) is 7.43. The Bertz CT molecular complexity index is 1350. The van der Waals surface area contributed by atoms with Crippen molar-refractivity contribution in [3.63, 3.8) is 0 Å². The number of aromatic amines is 1. The summed E-state index contributed by atoms with van der Waals surface area (Å²) in [6.07, 6.45) is -0.651. The van der Waals surface area contributed by atoms with Gasteiger partial charge in [-0.25, -0.2) is 0 Å². The van der Waals surface area contributed by atoms with Gasteiger partial charge in [0.1, 0.15) is 5.69 Å². The van der Waals surface area contributed by atoms with Gasteiger partial charge in [0.15, 0.2) is 5.82 Å². The van der Waals surface area contributed by atoms with Gasteiger partial charge in [0, 0.05) is 12.8 Å². The van der Waals surface area contributed by atoms with E-state index in [1.165, 1.54) is 6.92 Å². The number of nitrogens with zero attached hydrogens (tertiary/aromatic N) is 2. The average Bonchev–Trinajstić information content (AvgIpc) is 3.40. The van der Waals surface area contributed by atoms with E-state index in [9.17, 15) is 9.59 Å². The Hall–Kier alpha value is -4.15. The summed E-state index contributed by atoms with van der Waals surface area (Å²) in [6, 6.07) is 19.5. The highest BCUT2D eigenvalue weighted by Gasteiger charge is 2.48. The van der Waals surface area contributed by atoms with Gasteiger partial charge in [-0.1, -0.05) is 67.2 Å². The molecule has 4 N–H and O–H groups in total. The molecule has 1 unspecified atom stereocenters. The Morgan fingerprint density at radius 3 is 2.42 bits per heavy atom. The zero-order valence-corrected chi connectivity index (χ0v) is 21.1. The lowest BCUT2D eigenvalue weighted by Crippen LogP contribution is -2.46. The molecule has 198 valence electrons. The fraction of sp³-hybridized carbons (Fsp3) is 0.321. The molecule has 3 aromatic rings. The van der Waals surface area contributed by atoms with E-state index in [2.05, 4.69) is 21.9 Å². The topological polar surface area (TPSA) is 132 Å². The van der Waals surface area contributed by atoms with E-state index in [-0.39, 0.29) is 29.7 Å². The number of carbonyl (C=O) groups is 1. The molecule has 0 bridgehead atoms. The quantitative estimate of drug-likeness (QED) is 0.289. The highest BCUT2D eigenvalue weighted by atomic mass is 16.6. The number of esters is 1. The molecule has 4 atom stereocenters. The lowest BCUT2D eigenvalue weighted by molar-refractivity contribution is -0.144. The number of nitrogens with one attached hydrogen (secondary N) is 2. The number of carbonyl (C=O) groups excluding carboxylic acids is 1. The van der Waals surface area contributed by atoms with Crippen LogP contribution in [0, 0.1) is 5.92 Å². The smallest absolute Gasteiger partial charge is 0.305 e. The molecule has 0 amide bonds. The molecule has 1 aromatic heterocycles.